The first-order valence-electron chi connectivity index (χ1n) is 6.94. The van der Waals surface area contributed by atoms with Gasteiger partial charge in [0.15, 0.2) is 0 Å². The first-order valence-corrected chi connectivity index (χ1v) is 6.94. The van der Waals surface area contributed by atoms with Crippen molar-refractivity contribution in [2.45, 2.75) is 20.0 Å². The predicted octanol–water partition coefficient (Wildman–Crippen LogP) is 2.44. The minimum atomic E-state index is -0.219. The Kier molecular flexibility index (Phi) is 5.68. The molecule has 0 saturated heterocycles. The Hall–Kier alpha value is -2.66. The lowest BCUT2D eigenvalue weighted by Gasteiger charge is -2.07. The maximum Gasteiger partial charge on any atom is 0.247 e. The predicted molar refractivity (Wildman–Crippen MR) is 83.8 cm³/mol. The van der Waals surface area contributed by atoms with Gasteiger partial charge in [-0.3, -0.25) is 14.4 Å². The number of nitrogens with one attached hydrogen (secondary N) is 2. The van der Waals surface area contributed by atoms with Crippen LogP contribution >= 0.6 is 0 Å². The second-order valence-corrected chi connectivity index (χ2v) is 4.85. The average Bonchev–Trinajstić information content (AvgIpc) is 2.50. The highest BCUT2D eigenvalue weighted by Crippen LogP contribution is 2.10. The summed E-state index contributed by atoms with van der Waals surface area (Å²) in [5, 5.41) is 2.67. The van der Waals surface area contributed by atoms with Crippen molar-refractivity contribution in [3.63, 3.8) is 0 Å². The summed E-state index contributed by atoms with van der Waals surface area (Å²) in [5.74, 6) is -0.344. The highest BCUT2D eigenvalue weighted by Gasteiger charge is 2.04. The summed E-state index contributed by atoms with van der Waals surface area (Å²) in [6.45, 7) is 1.78. The normalized spacial score (nSPS) is 10.0. The summed E-state index contributed by atoms with van der Waals surface area (Å²) in [7, 11) is 0. The molecule has 22 heavy (non-hydrogen) atoms. The van der Waals surface area contributed by atoms with Gasteiger partial charge in [0, 0.05) is 12.6 Å². The van der Waals surface area contributed by atoms with E-state index in [-0.39, 0.29) is 18.2 Å². The number of rotatable bonds is 6. The van der Waals surface area contributed by atoms with Gasteiger partial charge >= 0.3 is 0 Å². The summed E-state index contributed by atoms with van der Waals surface area (Å²) in [6, 6.07) is 16.7. The van der Waals surface area contributed by atoms with Crippen molar-refractivity contribution >= 4 is 17.5 Å². The third-order valence-corrected chi connectivity index (χ3v) is 2.91. The van der Waals surface area contributed by atoms with Gasteiger partial charge in [0.2, 0.25) is 11.8 Å². The first kappa shape index (κ1) is 15.7. The zero-order valence-electron chi connectivity index (χ0n) is 12.3. The van der Waals surface area contributed by atoms with Crippen LogP contribution in [0.2, 0.25) is 0 Å². The summed E-state index contributed by atoms with van der Waals surface area (Å²) < 4.78 is 0. The van der Waals surface area contributed by atoms with E-state index in [1.54, 1.807) is 24.3 Å². The van der Waals surface area contributed by atoms with E-state index in [4.69, 9.17) is 4.84 Å². The molecule has 2 rings (SSSR count). The van der Waals surface area contributed by atoms with E-state index < -0.39 is 0 Å². The lowest BCUT2D eigenvalue weighted by molar-refractivity contribution is -0.133. The molecule has 0 heterocycles. The lowest BCUT2D eigenvalue weighted by atomic mass is 10.1. The summed E-state index contributed by atoms with van der Waals surface area (Å²) >= 11 is 0. The number of anilines is 1. The van der Waals surface area contributed by atoms with Crippen molar-refractivity contribution in [3.8, 4) is 0 Å². The molecule has 5 heteroatoms. The number of hydrogen-bond donors (Lipinski definition) is 2. The Morgan fingerprint density at radius 2 is 1.64 bits per heavy atom. The van der Waals surface area contributed by atoms with E-state index >= 15 is 0 Å². The highest BCUT2D eigenvalue weighted by atomic mass is 16.6. The van der Waals surface area contributed by atoms with Crippen LogP contribution in [0, 0.1) is 0 Å². The number of hydroxylamine groups is 1. The molecule has 0 unspecified atom stereocenters. The van der Waals surface area contributed by atoms with E-state index in [9.17, 15) is 9.59 Å². The Balaban J connectivity index is 1.75. The Labute approximate surface area is 129 Å². The molecule has 2 N–H and O–H groups in total. The fraction of sp³-hybridized carbons (Fsp3) is 0.176. The molecule has 0 aliphatic heterocycles. The smallest absolute Gasteiger partial charge is 0.247 e. The monoisotopic (exact) mass is 298 g/mol. The fourth-order valence-corrected chi connectivity index (χ4v) is 1.90. The largest absolute Gasteiger partial charge is 0.326 e. The van der Waals surface area contributed by atoms with Crippen molar-refractivity contribution in [1.29, 1.82) is 0 Å². The molecule has 2 amide bonds. The number of hydrogen-bond acceptors (Lipinski definition) is 3. The Morgan fingerprint density at radius 1 is 0.955 bits per heavy atom. The van der Waals surface area contributed by atoms with Gasteiger partial charge < -0.3 is 5.32 Å². The van der Waals surface area contributed by atoms with Gasteiger partial charge in [-0.1, -0.05) is 42.5 Å². The minimum Gasteiger partial charge on any atom is -0.326 e. The standard InChI is InChI=1S/C17H18N2O3/c1-13(20)18-16-9-7-14(8-10-16)11-17(21)19-22-12-15-5-3-2-4-6-15/h2-10H,11-12H2,1H3,(H,18,20)(H,19,21). The maximum atomic E-state index is 11.8. The third kappa shape index (κ3) is 5.38. The minimum absolute atomic E-state index is 0.125. The van der Waals surface area contributed by atoms with Crippen LogP contribution < -0.4 is 10.8 Å². The average molecular weight is 298 g/mol. The molecule has 2 aromatic rings. The Morgan fingerprint density at radius 3 is 2.27 bits per heavy atom. The molecule has 114 valence electrons. The summed E-state index contributed by atoms with van der Waals surface area (Å²) in [5.41, 5.74) is 4.95. The van der Waals surface area contributed by atoms with E-state index in [1.807, 2.05) is 30.3 Å². The molecule has 0 radical (unpaired) electrons. The van der Waals surface area contributed by atoms with Gasteiger partial charge in [0.25, 0.3) is 0 Å². The van der Waals surface area contributed by atoms with Crippen molar-refractivity contribution in [2.75, 3.05) is 5.32 Å². The number of benzene rings is 2. The van der Waals surface area contributed by atoms with Crippen molar-refractivity contribution < 1.29 is 14.4 Å². The zero-order chi connectivity index (χ0) is 15.8. The van der Waals surface area contributed by atoms with E-state index in [1.165, 1.54) is 6.92 Å². The third-order valence-electron chi connectivity index (χ3n) is 2.91. The Bertz CT molecular complexity index is 624. The molecule has 0 saturated carbocycles. The SMILES string of the molecule is CC(=O)Nc1ccc(CC(=O)NOCc2ccccc2)cc1. The van der Waals surface area contributed by atoms with Crippen molar-refractivity contribution in [3.05, 3.63) is 65.7 Å². The molecule has 0 aromatic heterocycles. The quantitative estimate of drug-likeness (QED) is 0.805. The van der Waals surface area contributed by atoms with Gasteiger partial charge in [-0.15, -0.1) is 0 Å². The van der Waals surface area contributed by atoms with Crippen LogP contribution in [0.15, 0.2) is 54.6 Å². The maximum absolute atomic E-state index is 11.8. The molecule has 0 aliphatic rings. The molecule has 0 aliphatic carbocycles. The van der Waals surface area contributed by atoms with Crippen LogP contribution in [-0.4, -0.2) is 11.8 Å². The van der Waals surface area contributed by atoms with Gasteiger partial charge in [-0.05, 0) is 23.3 Å². The molecular weight excluding hydrogens is 280 g/mol. The van der Waals surface area contributed by atoms with Crippen LogP contribution in [-0.2, 0) is 27.5 Å². The topological polar surface area (TPSA) is 67.4 Å². The van der Waals surface area contributed by atoms with Gasteiger partial charge in [0.1, 0.15) is 0 Å². The van der Waals surface area contributed by atoms with Gasteiger partial charge in [0.05, 0.1) is 13.0 Å². The number of amides is 2. The molecule has 0 atom stereocenters. The van der Waals surface area contributed by atoms with Crippen LogP contribution in [0.4, 0.5) is 5.69 Å². The molecule has 5 nitrogen and oxygen atoms in total. The molecule has 0 fully saturated rings. The van der Waals surface area contributed by atoms with Crippen molar-refractivity contribution in [1.82, 2.24) is 5.48 Å². The van der Waals surface area contributed by atoms with E-state index in [0.29, 0.717) is 12.3 Å². The van der Waals surface area contributed by atoms with Crippen LogP contribution in [0.3, 0.4) is 0 Å². The number of carbonyl (C=O) groups excluding carboxylic acids is 2. The molecule has 0 bridgehead atoms. The van der Waals surface area contributed by atoms with Gasteiger partial charge in [-0.25, -0.2) is 5.48 Å². The van der Waals surface area contributed by atoms with Gasteiger partial charge in [-0.2, -0.15) is 0 Å². The van der Waals surface area contributed by atoms with Crippen LogP contribution in [0.1, 0.15) is 18.1 Å². The molecule has 2 aromatic carbocycles. The second-order valence-electron chi connectivity index (χ2n) is 4.85. The first-order chi connectivity index (χ1) is 10.6. The van der Waals surface area contributed by atoms with Crippen molar-refractivity contribution in [2.24, 2.45) is 0 Å². The fourth-order valence-electron chi connectivity index (χ4n) is 1.90. The highest BCUT2D eigenvalue weighted by molar-refractivity contribution is 5.88. The lowest BCUT2D eigenvalue weighted by Crippen LogP contribution is -2.25. The number of carbonyl (C=O) groups is 2. The van der Waals surface area contributed by atoms with E-state index in [2.05, 4.69) is 10.8 Å². The second kappa shape index (κ2) is 7.95. The van der Waals surface area contributed by atoms with Crippen LogP contribution in [0.25, 0.3) is 0 Å². The molecule has 0 spiro atoms. The summed E-state index contributed by atoms with van der Waals surface area (Å²) in [4.78, 5) is 27.9. The van der Waals surface area contributed by atoms with E-state index in [0.717, 1.165) is 11.1 Å². The van der Waals surface area contributed by atoms with Crippen LogP contribution in [0.5, 0.6) is 0 Å². The zero-order valence-corrected chi connectivity index (χ0v) is 12.3. The summed E-state index contributed by atoms with van der Waals surface area (Å²) in [6.07, 6.45) is 0.217. The molecular formula is C17H18N2O3.